The first-order valence-corrected chi connectivity index (χ1v) is 8.53. The van der Waals surface area contributed by atoms with Gasteiger partial charge in [0.2, 0.25) is 0 Å². The fourth-order valence-corrected chi connectivity index (χ4v) is 3.17. The first kappa shape index (κ1) is 15.3. The molecule has 120 valence electrons. The van der Waals surface area contributed by atoms with E-state index in [0.717, 1.165) is 5.56 Å². The Balaban J connectivity index is 1.84. The zero-order valence-electron chi connectivity index (χ0n) is 13.9. The molecule has 0 fully saturated rings. The molecule has 0 saturated carbocycles. The summed E-state index contributed by atoms with van der Waals surface area (Å²) < 4.78 is 0. The van der Waals surface area contributed by atoms with Crippen molar-refractivity contribution in [2.75, 3.05) is 0 Å². The van der Waals surface area contributed by atoms with Crippen molar-refractivity contribution in [2.24, 2.45) is 4.99 Å². The highest BCUT2D eigenvalue weighted by atomic mass is 14.8. The number of fused-ring (bicyclic) bond motifs is 1. The molecule has 0 aliphatic rings. The Bertz CT molecular complexity index is 983. The Hall–Kier alpha value is -3.19. The third-order valence-electron chi connectivity index (χ3n) is 4.41. The van der Waals surface area contributed by atoms with E-state index in [1.807, 2.05) is 30.5 Å². The second-order valence-electron chi connectivity index (χ2n) is 6.07. The molecule has 0 N–H and O–H groups in total. The van der Waals surface area contributed by atoms with E-state index in [9.17, 15) is 0 Å². The van der Waals surface area contributed by atoms with Crippen LogP contribution in [0.15, 0.2) is 108 Å². The summed E-state index contributed by atoms with van der Waals surface area (Å²) in [5.74, 6) is 0. The third-order valence-corrected chi connectivity index (χ3v) is 4.41. The maximum Gasteiger partial charge on any atom is 0.101 e. The molecule has 0 saturated heterocycles. The molecule has 0 bridgehead atoms. The molecule has 0 aliphatic carbocycles. The van der Waals surface area contributed by atoms with Crippen molar-refractivity contribution < 1.29 is 0 Å². The van der Waals surface area contributed by atoms with Crippen LogP contribution in [0.1, 0.15) is 22.7 Å². The molecular formula is C24H19N. The second kappa shape index (κ2) is 7.14. The van der Waals surface area contributed by atoms with Gasteiger partial charge in [-0.3, -0.25) is 4.99 Å². The van der Waals surface area contributed by atoms with Crippen LogP contribution in [0, 0.1) is 0 Å². The number of hydrogen-bond acceptors (Lipinski definition) is 1. The van der Waals surface area contributed by atoms with E-state index >= 15 is 0 Å². The SMILES string of the molecule is C(=N\C(c1ccccc1)c1cccc2ccccc12)/c1ccccc1. The molecule has 25 heavy (non-hydrogen) atoms. The first-order valence-electron chi connectivity index (χ1n) is 8.53. The van der Waals surface area contributed by atoms with Gasteiger partial charge in [0.15, 0.2) is 0 Å². The van der Waals surface area contributed by atoms with Crippen molar-refractivity contribution in [1.29, 1.82) is 0 Å². The summed E-state index contributed by atoms with van der Waals surface area (Å²) in [5.41, 5.74) is 3.55. The molecule has 0 aromatic heterocycles. The molecule has 0 heterocycles. The van der Waals surface area contributed by atoms with E-state index in [2.05, 4.69) is 78.9 Å². The number of hydrogen-bond donors (Lipinski definition) is 0. The Morgan fingerprint density at radius 2 is 1.24 bits per heavy atom. The zero-order valence-corrected chi connectivity index (χ0v) is 13.9. The summed E-state index contributed by atoms with van der Waals surface area (Å²) >= 11 is 0. The summed E-state index contributed by atoms with van der Waals surface area (Å²) in [6.45, 7) is 0. The lowest BCUT2D eigenvalue weighted by atomic mass is 9.94. The molecule has 0 amide bonds. The van der Waals surface area contributed by atoms with E-state index in [1.165, 1.54) is 21.9 Å². The highest BCUT2D eigenvalue weighted by Crippen LogP contribution is 2.31. The number of benzene rings is 4. The second-order valence-corrected chi connectivity index (χ2v) is 6.07. The predicted molar refractivity (Wildman–Crippen MR) is 106 cm³/mol. The molecule has 0 radical (unpaired) electrons. The van der Waals surface area contributed by atoms with Crippen LogP contribution in [-0.2, 0) is 0 Å². The highest BCUT2D eigenvalue weighted by Gasteiger charge is 2.14. The fraction of sp³-hybridized carbons (Fsp3) is 0.0417. The summed E-state index contributed by atoms with van der Waals surface area (Å²) in [6.07, 6.45) is 1.97. The van der Waals surface area contributed by atoms with Crippen LogP contribution >= 0.6 is 0 Å². The van der Waals surface area contributed by atoms with Gasteiger partial charge in [-0.1, -0.05) is 103 Å². The molecule has 0 spiro atoms. The third kappa shape index (κ3) is 3.36. The number of nitrogens with zero attached hydrogens (tertiary/aromatic N) is 1. The Morgan fingerprint density at radius 3 is 2.04 bits per heavy atom. The largest absolute Gasteiger partial charge is 0.280 e. The van der Waals surface area contributed by atoms with Gasteiger partial charge in [0.1, 0.15) is 6.04 Å². The van der Waals surface area contributed by atoms with Crippen LogP contribution in [-0.4, -0.2) is 6.21 Å². The van der Waals surface area contributed by atoms with Crippen molar-refractivity contribution in [2.45, 2.75) is 6.04 Å². The maximum atomic E-state index is 4.96. The van der Waals surface area contributed by atoms with Crippen LogP contribution in [0.25, 0.3) is 10.8 Å². The average Bonchev–Trinajstić information content (AvgIpc) is 2.70. The zero-order chi connectivity index (χ0) is 16.9. The summed E-state index contributed by atoms with van der Waals surface area (Å²) in [7, 11) is 0. The van der Waals surface area contributed by atoms with Crippen molar-refractivity contribution in [3.63, 3.8) is 0 Å². The van der Waals surface area contributed by atoms with Gasteiger partial charge in [-0.25, -0.2) is 0 Å². The van der Waals surface area contributed by atoms with Gasteiger partial charge in [-0.15, -0.1) is 0 Å². The van der Waals surface area contributed by atoms with E-state index in [-0.39, 0.29) is 6.04 Å². The highest BCUT2D eigenvalue weighted by molar-refractivity contribution is 5.87. The monoisotopic (exact) mass is 321 g/mol. The molecule has 4 aromatic rings. The normalized spacial score (nSPS) is 12.5. The lowest BCUT2D eigenvalue weighted by Gasteiger charge is -2.16. The van der Waals surface area contributed by atoms with Crippen LogP contribution in [0.4, 0.5) is 0 Å². The standard InChI is InChI=1S/C24H19N/c1-3-10-19(11-4-1)18-25-24(21-13-5-2-6-14-21)23-17-9-15-20-12-7-8-16-22(20)23/h1-18,24H/b25-18+. The molecule has 4 rings (SSSR count). The molecule has 1 unspecified atom stereocenters. The lowest BCUT2D eigenvalue weighted by Crippen LogP contribution is -2.00. The maximum absolute atomic E-state index is 4.96. The minimum Gasteiger partial charge on any atom is -0.280 e. The van der Waals surface area contributed by atoms with Gasteiger partial charge >= 0.3 is 0 Å². The van der Waals surface area contributed by atoms with Crippen LogP contribution in [0.3, 0.4) is 0 Å². The Kier molecular flexibility index (Phi) is 4.38. The lowest BCUT2D eigenvalue weighted by molar-refractivity contribution is 0.887. The summed E-state index contributed by atoms with van der Waals surface area (Å²) in [5, 5.41) is 2.50. The summed E-state index contributed by atoms with van der Waals surface area (Å²) in [4.78, 5) is 4.96. The number of rotatable bonds is 4. The average molecular weight is 321 g/mol. The van der Waals surface area contributed by atoms with Gasteiger partial charge in [0.25, 0.3) is 0 Å². The molecule has 1 nitrogen and oxygen atoms in total. The van der Waals surface area contributed by atoms with E-state index < -0.39 is 0 Å². The minimum atomic E-state index is -0.0208. The van der Waals surface area contributed by atoms with Crippen molar-refractivity contribution in [3.8, 4) is 0 Å². The van der Waals surface area contributed by atoms with Gasteiger partial charge in [0.05, 0.1) is 0 Å². The van der Waals surface area contributed by atoms with E-state index in [4.69, 9.17) is 4.99 Å². The van der Waals surface area contributed by atoms with Gasteiger partial charge < -0.3 is 0 Å². The molecule has 1 heteroatoms. The van der Waals surface area contributed by atoms with E-state index in [1.54, 1.807) is 0 Å². The van der Waals surface area contributed by atoms with Gasteiger partial charge in [-0.2, -0.15) is 0 Å². The Labute approximate surface area is 148 Å². The smallest absolute Gasteiger partial charge is 0.101 e. The van der Waals surface area contributed by atoms with Crippen LogP contribution in [0.2, 0.25) is 0 Å². The molecule has 4 aromatic carbocycles. The van der Waals surface area contributed by atoms with Gasteiger partial charge in [0, 0.05) is 6.21 Å². The van der Waals surface area contributed by atoms with Gasteiger partial charge in [-0.05, 0) is 27.5 Å². The van der Waals surface area contributed by atoms with E-state index in [0.29, 0.717) is 0 Å². The first-order chi connectivity index (χ1) is 12.4. The fourth-order valence-electron chi connectivity index (χ4n) is 3.17. The quantitative estimate of drug-likeness (QED) is 0.406. The molecule has 0 aliphatic heterocycles. The van der Waals surface area contributed by atoms with Crippen LogP contribution in [0.5, 0.6) is 0 Å². The van der Waals surface area contributed by atoms with Crippen LogP contribution < -0.4 is 0 Å². The minimum absolute atomic E-state index is 0.0208. The van der Waals surface area contributed by atoms with Crippen molar-refractivity contribution in [3.05, 3.63) is 120 Å². The topological polar surface area (TPSA) is 12.4 Å². The van der Waals surface area contributed by atoms with Crippen molar-refractivity contribution in [1.82, 2.24) is 0 Å². The van der Waals surface area contributed by atoms with Crippen molar-refractivity contribution >= 4 is 17.0 Å². The number of aliphatic imine (C=N–C) groups is 1. The predicted octanol–water partition coefficient (Wildman–Crippen LogP) is 6.05. The molecule has 1 atom stereocenters. The summed E-state index contributed by atoms with van der Waals surface area (Å²) in [6, 6.07) is 35.7. The Morgan fingerprint density at radius 1 is 0.600 bits per heavy atom. The molecular weight excluding hydrogens is 302 g/mol.